The molecule has 1 aromatic heterocycles. The third kappa shape index (κ3) is 3.02. The Balaban J connectivity index is 1.61. The van der Waals surface area contributed by atoms with Crippen molar-refractivity contribution in [2.45, 2.75) is 39.3 Å². The maximum atomic E-state index is 4.45. The van der Waals surface area contributed by atoms with E-state index in [9.17, 15) is 0 Å². The van der Waals surface area contributed by atoms with E-state index >= 15 is 0 Å². The van der Waals surface area contributed by atoms with Gasteiger partial charge in [0.25, 0.3) is 0 Å². The van der Waals surface area contributed by atoms with E-state index in [1.54, 1.807) is 0 Å². The van der Waals surface area contributed by atoms with E-state index in [1.165, 1.54) is 39.5 Å². The Morgan fingerprint density at radius 3 is 3.15 bits per heavy atom. The molecule has 0 atom stereocenters. The highest BCUT2D eigenvalue weighted by atomic mass is 32.1. The van der Waals surface area contributed by atoms with Crippen LogP contribution in [-0.4, -0.2) is 11.5 Å². The molecule has 2 N–H and O–H groups in total. The lowest BCUT2D eigenvalue weighted by Gasteiger charge is -2.21. The zero-order chi connectivity index (χ0) is 13.8. The van der Waals surface area contributed by atoms with Gasteiger partial charge in [0.05, 0.1) is 0 Å². The Morgan fingerprint density at radius 2 is 2.30 bits per heavy atom. The fraction of sp³-hybridized carbons (Fsp3) is 0.438. The molecule has 0 spiro atoms. The summed E-state index contributed by atoms with van der Waals surface area (Å²) in [6, 6.07) is 6.62. The zero-order valence-corrected chi connectivity index (χ0v) is 12.7. The number of thiazole rings is 1. The van der Waals surface area contributed by atoms with Crippen molar-refractivity contribution in [2.75, 3.05) is 11.9 Å². The number of anilines is 1. The van der Waals surface area contributed by atoms with Gasteiger partial charge < -0.3 is 10.6 Å². The minimum atomic E-state index is 0.855. The van der Waals surface area contributed by atoms with Crippen LogP contribution in [0.2, 0.25) is 0 Å². The molecule has 106 valence electrons. The van der Waals surface area contributed by atoms with Gasteiger partial charge in [0.2, 0.25) is 0 Å². The largest absolute Gasteiger partial charge is 0.385 e. The Labute approximate surface area is 124 Å². The monoisotopic (exact) mass is 287 g/mol. The molecular weight excluding hydrogens is 266 g/mol. The van der Waals surface area contributed by atoms with Crippen molar-refractivity contribution in [2.24, 2.45) is 0 Å². The van der Waals surface area contributed by atoms with Gasteiger partial charge in [-0.3, -0.25) is 0 Å². The molecule has 2 heterocycles. The van der Waals surface area contributed by atoms with Gasteiger partial charge in [-0.15, -0.1) is 11.3 Å². The van der Waals surface area contributed by atoms with Crippen molar-refractivity contribution in [3.63, 3.8) is 0 Å². The molecule has 0 bridgehead atoms. The summed E-state index contributed by atoms with van der Waals surface area (Å²) in [6.45, 7) is 5.02. The SMILES string of the molecule is CCc1cnc(CNCc2cccc3c2NCCC3)s1. The van der Waals surface area contributed by atoms with Crippen molar-refractivity contribution in [3.8, 4) is 0 Å². The van der Waals surface area contributed by atoms with Crippen molar-refractivity contribution in [1.82, 2.24) is 10.3 Å². The summed E-state index contributed by atoms with van der Waals surface area (Å²) in [5, 5.41) is 8.23. The highest BCUT2D eigenvalue weighted by molar-refractivity contribution is 7.11. The Hall–Kier alpha value is -1.39. The topological polar surface area (TPSA) is 37.0 Å². The number of hydrogen-bond acceptors (Lipinski definition) is 4. The Morgan fingerprint density at radius 1 is 1.35 bits per heavy atom. The second-order valence-electron chi connectivity index (χ2n) is 5.16. The fourth-order valence-corrected chi connectivity index (χ4v) is 3.46. The molecule has 4 heteroatoms. The summed E-state index contributed by atoms with van der Waals surface area (Å²) in [7, 11) is 0. The molecule has 0 radical (unpaired) electrons. The first kappa shape index (κ1) is 13.6. The second-order valence-corrected chi connectivity index (χ2v) is 6.36. The second kappa shape index (κ2) is 6.37. The van der Waals surface area contributed by atoms with Crippen LogP contribution in [-0.2, 0) is 25.9 Å². The van der Waals surface area contributed by atoms with Crippen molar-refractivity contribution in [1.29, 1.82) is 0 Å². The molecule has 2 aromatic rings. The van der Waals surface area contributed by atoms with Crippen LogP contribution >= 0.6 is 11.3 Å². The zero-order valence-electron chi connectivity index (χ0n) is 11.9. The lowest BCUT2D eigenvalue weighted by atomic mass is 9.99. The first-order chi connectivity index (χ1) is 9.86. The number of para-hydroxylation sites is 1. The van der Waals surface area contributed by atoms with Crippen LogP contribution < -0.4 is 10.6 Å². The van der Waals surface area contributed by atoms with E-state index in [0.717, 1.165) is 26.1 Å². The van der Waals surface area contributed by atoms with Gasteiger partial charge in [-0.1, -0.05) is 25.1 Å². The first-order valence-electron chi connectivity index (χ1n) is 7.35. The normalized spacial score (nSPS) is 13.8. The van der Waals surface area contributed by atoms with Crippen LogP contribution in [0.25, 0.3) is 0 Å². The van der Waals surface area contributed by atoms with Crippen molar-refractivity contribution in [3.05, 3.63) is 45.4 Å². The van der Waals surface area contributed by atoms with Gasteiger partial charge in [-0.2, -0.15) is 0 Å². The lowest BCUT2D eigenvalue weighted by molar-refractivity contribution is 0.687. The van der Waals surface area contributed by atoms with E-state index in [1.807, 2.05) is 17.5 Å². The van der Waals surface area contributed by atoms with Gasteiger partial charge in [-0.05, 0) is 30.4 Å². The Kier molecular flexibility index (Phi) is 4.33. The molecule has 3 rings (SSSR count). The minimum absolute atomic E-state index is 0.855. The summed E-state index contributed by atoms with van der Waals surface area (Å²) < 4.78 is 0. The number of hydrogen-bond donors (Lipinski definition) is 2. The maximum absolute atomic E-state index is 4.45. The average molecular weight is 287 g/mol. The van der Waals surface area contributed by atoms with Gasteiger partial charge in [-0.25, -0.2) is 4.98 Å². The predicted octanol–water partition coefficient (Wildman–Crippen LogP) is 3.35. The lowest BCUT2D eigenvalue weighted by Crippen LogP contribution is -2.18. The quantitative estimate of drug-likeness (QED) is 0.885. The molecule has 0 amide bonds. The number of aryl methyl sites for hydroxylation is 2. The van der Waals surface area contributed by atoms with Crippen LogP contribution in [0, 0.1) is 0 Å². The summed E-state index contributed by atoms with van der Waals surface area (Å²) in [5.74, 6) is 0. The number of nitrogens with zero attached hydrogens (tertiary/aromatic N) is 1. The minimum Gasteiger partial charge on any atom is -0.385 e. The molecule has 1 aliphatic heterocycles. The van der Waals surface area contributed by atoms with E-state index in [4.69, 9.17) is 0 Å². The van der Waals surface area contributed by atoms with Gasteiger partial charge in [0.1, 0.15) is 5.01 Å². The summed E-state index contributed by atoms with van der Waals surface area (Å²) in [6.07, 6.45) is 5.51. The summed E-state index contributed by atoms with van der Waals surface area (Å²) in [4.78, 5) is 5.81. The molecule has 1 aromatic carbocycles. The van der Waals surface area contributed by atoms with Crippen LogP contribution in [0.4, 0.5) is 5.69 Å². The number of rotatable bonds is 5. The molecule has 0 fully saturated rings. The molecule has 0 aliphatic carbocycles. The molecule has 1 aliphatic rings. The first-order valence-corrected chi connectivity index (χ1v) is 8.17. The van der Waals surface area contributed by atoms with Crippen LogP contribution in [0.15, 0.2) is 24.4 Å². The third-order valence-corrected chi connectivity index (χ3v) is 4.84. The standard InChI is InChI=1S/C16H21N3S/c1-2-14-10-19-15(20-14)11-17-9-13-6-3-5-12-7-4-8-18-16(12)13/h3,5-6,10,17-18H,2,4,7-9,11H2,1H3. The molecule has 20 heavy (non-hydrogen) atoms. The Bertz CT molecular complexity index is 577. The molecule has 0 saturated carbocycles. The molecule has 0 unspecified atom stereocenters. The predicted molar refractivity (Wildman–Crippen MR) is 85.3 cm³/mol. The number of fused-ring (bicyclic) bond motifs is 1. The highest BCUT2D eigenvalue weighted by Gasteiger charge is 2.11. The van der Waals surface area contributed by atoms with Gasteiger partial charge in [0.15, 0.2) is 0 Å². The summed E-state index contributed by atoms with van der Waals surface area (Å²) >= 11 is 1.81. The van der Waals surface area contributed by atoms with E-state index < -0.39 is 0 Å². The van der Waals surface area contributed by atoms with Gasteiger partial charge >= 0.3 is 0 Å². The van der Waals surface area contributed by atoms with Gasteiger partial charge in [0, 0.05) is 36.4 Å². The van der Waals surface area contributed by atoms with Crippen LogP contribution in [0.5, 0.6) is 0 Å². The van der Waals surface area contributed by atoms with E-state index in [0.29, 0.717) is 0 Å². The summed E-state index contributed by atoms with van der Waals surface area (Å²) in [5.41, 5.74) is 4.17. The smallest absolute Gasteiger partial charge is 0.107 e. The molecule has 3 nitrogen and oxygen atoms in total. The number of aromatic nitrogens is 1. The van der Waals surface area contributed by atoms with E-state index in [-0.39, 0.29) is 0 Å². The van der Waals surface area contributed by atoms with Crippen molar-refractivity contribution < 1.29 is 0 Å². The third-order valence-electron chi connectivity index (χ3n) is 3.70. The maximum Gasteiger partial charge on any atom is 0.107 e. The van der Waals surface area contributed by atoms with Crippen LogP contribution in [0.1, 0.15) is 34.4 Å². The van der Waals surface area contributed by atoms with Crippen LogP contribution in [0.3, 0.4) is 0 Å². The molecule has 0 saturated heterocycles. The van der Waals surface area contributed by atoms with Crippen molar-refractivity contribution >= 4 is 17.0 Å². The fourth-order valence-electron chi connectivity index (χ4n) is 2.63. The highest BCUT2D eigenvalue weighted by Crippen LogP contribution is 2.26. The van der Waals surface area contributed by atoms with E-state index in [2.05, 4.69) is 40.7 Å². The number of nitrogens with one attached hydrogen (secondary N) is 2. The molecular formula is C16H21N3S. The average Bonchev–Trinajstić information content (AvgIpc) is 2.95. The number of benzene rings is 1.